The standard InChI is InChI=1S/C45H50O12/c1-6-50-38(46)25-54-42-30-14-10-16-32(42)23-34-18-12-20-36(44(34)56-27-40(48)52-8-3)29(5)37-21-13-19-35(45(37)57-28-41(49)53-9-4)24-33-17-11-15-31(22-30)43(33)55-26-39(47)51-7-2/h10-21,29H,6-9,22-28H2,1-5H3. The topological polar surface area (TPSA) is 142 Å². The van der Waals surface area contributed by atoms with E-state index in [1.165, 1.54) is 0 Å². The van der Waals surface area contributed by atoms with Crippen LogP contribution in [0.5, 0.6) is 23.0 Å². The van der Waals surface area contributed by atoms with Crippen molar-refractivity contribution in [1.29, 1.82) is 0 Å². The van der Waals surface area contributed by atoms with E-state index in [1.54, 1.807) is 27.7 Å². The Morgan fingerprint density at radius 3 is 0.947 bits per heavy atom. The lowest BCUT2D eigenvalue weighted by atomic mass is 9.86. The maximum Gasteiger partial charge on any atom is 0.344 e. The van der Waals surface area contributed by atoms with Crippen LogP contribution in [-0.4, -0.2) is 76.7 Å². The fourth-order valence-corrected chi connectivity index (χ4v) is 6.84. The molecule has 0 amide bonds. The van der Waals surface area contributed by atoms with Crippen molar-refractivity contribution < 1.29 is 57.1 Å². The van der Waals surface area contributed by atoms with Gasteiger partial charge in [0.2, 0.25) is 0 Å². The van der Waals surface area contributed by atoms with Crippen molar-refractivity contribution in [1.82, 2.24) is 0 Å². The van der Waals surface area contributed by atoms with Gasteiger partial charge in [0.25, 0.3) is 0 Å². The third kappa shape index (κ3) is 11.1. The molecule has 0 fully saturated rings. The van der Waals surface area contributed by atoms with Crippen LogP contribution in [-0.2, 0) is 57.4 Å². The number of fused-ring (bicyclic) bond motifs is 8. The summed E-state index contributed by atoms with van der Waals surface area (Å²) in [6.07, 6.45) is 0.889. The molecule has 12 nitrogen and oxygen atoms in total. The molecule has 0 saturated heterocycles. The summed E-state index contributed by atoms with van der Waals surface area (Å²) in [5.74, 6) is -0.532. The van der Waals surface area contributed by atoms with Crippen molar-refractivity contribution in [3.8, 4) is 23.0 Å². The van der Waals surface area contributed by atoms with Gasteiger partial charge in [0.15, 0.2) is 26.4 Å². The minimum Gasteiger partial charge on any atom is -0.481 e. The Bertz CT molecular complexity index is 1890. The lowest BCUT2D eigenvalue weighted by molar-refractivity contribution is -0.146. The summed E-state index contributed by atoms with van der Waals surface area (Å²) >= 11 is 0. The van der Waals surface area contributed by atoms with E-state index in [4.69, 9.17) is 37.9 Å². The average Bonchev–Trinajstić information content (AvgIpc) is 3.19. The molecule has 0 heterocycles. The van der Waals surface area contributed by atoms with E-state index in [9.17, 15) is 19.2 Å². The second kappa shape index (κ2) is 20.8. The Kier molecular flexibility index (Phi) is 15.3. The van der Waals surface area contributed by atoms with Crippen LogP contribution < -0.4 is 18.9 Å². The van der Waals surface area contributed by atoms with E-state index >= 15 is 0 Å². The van der Waals surface area contributed by atoms with Crippen molar-refractivity contribution in [3.05, 3.63) is 117 Å². The molecule has 1 aliphatic rings. The van der Waals surface area contributed by atoms with Crippen LogP contribution in [0.25, 0.3) is 0 Å². The molecule has 302 valence electrons. The summed E-state index contributed by atoms with van der Waals surface area (Å²) in [5, 5.41) is 0. The average molecular weight is 783 g/mol. The predicted octanol–water partition coefficient (Wildman–Crippen LogP) is 6.69. The Labute approximate surface area is 333 Å². The Morgan fingerprint density at radius 2 is 0.667 bits per heavy atom. The maximum atomic E-state index is 12.7. The molecule has 4 aromatic rings. The van der Waals surface area contributed by atoms with Gasteiger partial charge in [-0.25, -0.2) is 19.2 Å². The lowest BCUT2D eigenvalue weighted by Gasteiger charge is -2.25. The van der Waals surface area contributed by atoms with E-state index in [0.29, 0.717) is 42.3 Å². The Balaban J connectivity index is 1.75. The number of para-hydroxylation sites is 4. The van der Waals surface area contributed by atoms with E-state index in [0.717, 1.165) is 44.5 Å². The maximum absolute atomic E-state index is 12.7. The van der Waals surface area contributed by atoms with Crippen LogP contribution >= 0.6 is 0 Å². The second-order valence-electron chi connectivity index (χ2n) is 13.1. The first-order valence-corrected chi connectivity index (χ1v) is 19.3. The SMILES string of the molecule is CCOC(=O)COc1c2cccc1Cc1cccc(c1OCC(=O)OCC)C(C)c1cccc(c1OCC(=O)OCC)Cc1cccc(c1OCC(=O)OCC)C2. The van der Waals surface area contributed by atoms with Crippen molar-refractivity contribution in [2.45, 2.75) is 59.8 Å². The van der Waals surface area contributed by atoms with E-state index in [1.807, 2.05) is 79.7 Å². The fraction of sp³-hybridized carbons (Fsp3) is 0.378. The zero-order valence-electron chi connectivity index (χ0n) is 33.2. The zero-order chi connectivity index (χ0) is 40.7. The third-order valence-corrected chi connectivity index (χ3v) is 9.24. The lowest BCUT2D eigenvalue weighted by Crippen LogP contribution is -2.19. The van der Waals surface area contributed by atoms with Gasteiger partial charge in [0.1, 0.15) is 23.0 Å². The first-order valence-electron chi connectivity index (χ1n) is 19.3. The summed E-state index contributed by atoms with van der Waals surface area (Å²) < 4.78 is 46.1. The molecule has 57 heavy (non-hydrogen) atoms. The number of hydrogen-bond donors (Lipinski definition) is 0. The van der Waals surface area contributed by atoms with Crippen molar-refractivity contribution in [2.75, 3.05) is 52.9 Å². The van der Waals surface area contributed by atoms with E-state index < -0.39 is 23.9 Å². The molecule has 0 aromatic heterocycles. The summed E-state index contributed by atoms with van der Waals surface area (Å²) in [5.41, 5.74) is 6.02. The number of ether oxygens (including phenoxy) is 8. The first kappa shape index (κ1) is 42.1. The minimum atomic E-state index is -0.518. The largest absolute Gasteiger partial charge is 0.481 e. The number of benzene rings is 4. The van der Waals surface area contributed by atoms with Crippen LogP contribution in [0.4, 0.5) is 0 Å². The van der Waals surface area contributed by atoms with Gasteiger partial charge in [-0.05, 0) is 61.1 Å². The van der Waals surface area contributed by atoms with E-state index in [-0.39, 0.29) is 58.8 Å². The number of hydrogen-bond acceptors (Lipinski definition) is 12. The Hall–Kier alpha value is -6.04. The highest BCUT2D eigenvalue weighted by molar-refractivity contribution is 5.73. The highest BCUT2D eigenvalue weighted by Gasteiger charge is 2.26. The smallest absolute Gasteiger partial charge is 0.344 e. The zero-order valence-corrected chi connectivity index (χ0v) is 33.2. The van der Waals surface area contributed by atoms with Gasteiger partial charge < -0.3 is 37.9 Å². The number of rotatable bonds is 16. The van der Waals surface area contributed by atoms with Gasteiger partial charge in [0.05, 0.1) is 26.4 Å². The molecule has 0 radical (unpaired) electrons. The van der Waals surface area contributed by atoms with Crippen LogP contribution in [0.2, 0.25) is 0 Å². The molecular weight excluding hydrogens is 732 g/mol. The summed E-state index contributed by atoms with van der Waals surface area (Å²) in [6.45, 7) is 8.43. The molecule has 0 atom stereocenters. The van der Waals surface area contributed by atoms with Crippen LogP contribution in [0, 0.1) is 0 Å². The molecule has 0 spiro atoms. The predicted molar refractivity (Wildman–Crippen MR) is 210 cm³/mol. The monoisotopic (exact) mass is 782 g/mol. The van der Waals surface area contributed by atoms with Crippen molar-refractivity contribution in [2.24, 2.45) is 0 Å². The molecule has 4 aromatic carbocycles. The quantitative estimate of drug-likeness (QED) is 0.0883. The molecule has 0 N–H and O–H groups in total. The number of esters is 4. The highest BCUT2D eigenvalue weighted by Crippen LogP contribution is 2.43. The molecule has 0 aliphatic heterocycles. The summed E-state index contributed by atoms with van der Waals surface area (Å²) in [6, 6.07) is 23.0. The van der Waals surface area contributed by atoms with Gasteiger partial charge >= 0.3 is 23.9 Å². The van der Waals surface area contributed by atoms with Crippen LogP contribution in [0.15, 0.2) is 72.8 Å². The highest BCUT2D eigenvalue weighted by atomic mass is 16.6. The van der Waals surface area contributed by atoms with Crippen LogP contribution in [0.1, 0.15) is 85.0 Å². The fourth-order valence-electron chi connectivity index (χ4n) is 6.84. The molecule has 8 bridgehead atoms. The molecular formula is C45H50O12. The van der Waals surface area contributed by atoms with Crippen LogP contribution in [0.3, 0.4) is 0 Å². The molecule has 0 saturated carbocycles. The molecule has 5 rings (SSSR count). The van der Waals surface area contributed by atoms with Crippen molar-refractivity contribution >= 4 is 23.9 Å². The van der Waals surface area contributed by atoms with Gasteiger partial charge in [-0.2, -0.15) is 0 Å². The van der Waals surface area contributed by atoms with Gasteiger partial charge in [0, 0.05) is 36.3 Å². The molecule has 1 aliphatic carbocycles. The number of carbonyl (C=O) groups excluding carboxylic acids is 4. The first-order chi connectivity index (χ1) is 27.7. The number of carbonyl (C=O) groups is 4. The molecule has 12 heteroatoms. The summed E-state index contributed by atoms with van der Waals surface area (Å²) in [4.78, 5) is 50.6. The van der Waals surface area contributed by atoms with E-state index in [2.05, 4.69) is 0 Å². The van der Waals surface area contributed by atoms with Gasteiger partial charge in [-0.3, -0.25) is 0 Å². The Morgan fingerprint density at radius 1 is 0.421 bits per heavy atom. The molecule has 0 unspecified atom stereocenters. The van der Waals surface area contributed by atoms with Gasteiger partial charge in [-0.1, -0.05) is 79.7 Å². The normalized spacial score (nSPS) is 12.2. The minimum absolute atomic E-state index is 0.201. The van der Waals surface area contributed by atoms with Gasteiger partial charge in [-0.15, -0.1) is 0 Å². The summed E-state index contributed by atoms with van der Waals surface area (Å²) in [7, 11) is 0. The van der Waals surface area contributed by atoms with Crippen molar-refractivity contribution in [3.63, 3.8) is 0 Å². The second-order valence-corrected chi connectivity index (χ2v) is 13.1. The third-order valence-electron chi connectivity index (χ3n) is 9.24.